The van der Waals surface area contributed by atoms with Crippen LogP contribution in [0.5, 0.6) is 11.5 Å². The molecule has 1 saturated heterocycles. The Morgan fingerprint density at radius 2 is 1.76 bits per heavy atom. The Hall–Kier alpha value is -2.65. The third-order valence-electron chi connectivity index (χ3n) is 4.43. The number of phenols is 2. The van der Waals surface area contributed by atoms with E-state index in [2.05, 4.69) is 0 Å². The van der Waals surface area contributed by atoms with E-state index in [9.17, 15) is 29.7 Å². The van der Waals surface area contributed by atoms with Crippen LogP contribution in [0.3, 0.4) is 0 Å². The van der Waals surface area contributed by atoms with Gasteiger partial charge in [0.05, 0.1) is 0 Å². The van der Waals surface area contributed by atoms with Crippen molar-refractivity contribution in [3.8, 4) is 11.5 Å². The summed E-state index contributed by atoms with van der Waals surface area (Å²) >= 11 is 2.25. The summed E-state index contributed by atoms with van der Waals surface area (Å²) in [5.41, 5.74) is 0.898. The van der Waals surface area contributed by atoms with Crippen molar-refractivity contribution in [1.29, 1.82) is 0 Å². The van der Waals surface area contributed by atoms with E-state index in [-0.39, 0.29) is 40.4 Å². The standard InChI is InChI=1S/C20H19NO6S2/c22-13-7-5-12(6-8-13)20(27)28-10-9-17(24)21-15(19(25)26)11-29-18(21)14-3-1-2-4-16(14)23/h1-8,15,18,22-23H,9-11H2,(H,25,26)/t15-,18?/m0/s1. The molecule has 1 amide bonds. The molecule has 7 nitrogen and oxygen atoms in total. The van der Waals surface area contributed by atoms with Crippen LogP contribution >= 0.6 is 23.5 Å². The van der Waals surface area contributed by atoms with Gasteiger partial charge in [-0.05, 0) is 30.3 Å². The van der Waals surface area contributed by atoms with Gasteiger partial charge < -0.3 is 20.2 Å². The zero-order valence-electron chi connectivity index (χ0n) is 15.2. The molecule has 1 aliphatic rings. The van der Waals surface area contributed by atoms with Gasteiger partial charge in [-0.15, -0.1) is 11.8 Å². The second-order valence-corrected chi connectivity index (χ2v) is 8.51. The van der Waals surface area contributed by atoms with Crippen LogP contribution in [-0.2, 0) is 9.59 Å². The molecule has 1 unspecified atom stereocenters. The van der Waals surface area contributed by atoms with E-state index < -0.39 is 17.4 Å². The first-order valence-corrected chi connectivity index (χ1v) is 10.8. The Labute approximate surface area is 175 Å². The first-order chi connectivity index (χ1) is 13.9. The van der Waals surface area contributed by atoms with Crippen molar-refractivity contribution < 1.29 is 29.7 Å². The largest absolute Gasteiger partial charge is 0.508 e. The minimum Gasteiger partial charge on any atom is -0.508 e. The lowest BCUT2D eigenvalue weighted by atomic mass is 10.1. The van der Waals surface area contributed by atoms with E-state index in [0.29, 0.717) is 11.1 Å². The lowest BCUT2D eigenvalue weighted by Crippen LogP contribution is -2.43. The summed E-state index contributed by atoms with van der Waals surface area (Å²) in [5, 5.41) is 28.1. The molecule has 3 N–H and O–H groups in total. The van der Waals surface area contributed by atoms with Gasteiger partial charge in [-0.3, -0.25) is 9.59 Å². The summed E-state index contributed by atoms with van der Waals surface area (Å²) in [4.78, 5) is 37.9. The summed E-state index contributed by atoms with van der Waals surface area (Å²) in [6.07, 6.45) is -0.0110. The molecule has 0 spiro atoms. The molecule has 0 aromatic heterocycles. The number of carboxylic acid groups (broad SMARTS) is 1. The SMILES string of the molecule is O=C(SCCC(=O)N1C(c2ccccc2O)SC[C@H]1C(=O)O)c1ccc(O)cc1. The highest BCUT2D eigenvalue weighted by atomic mass is 32.2. The number of rotatable bonds is 6. The number of aromatic hydroxyl groups is 2. The average molecular weight is 434 g/mol. The van der Waals surface area contributed by atoms with E-state index in [1.165, 1.54) is 47.0 Å². The Balaban J connectivity index is 1.67. The van der Waals surface area contributed by atoms with E-state index in [1.807, 2.05) is 0 Å². The Bertz CT molecular complexity index is 917. The molecule has 0 saturated carbocycles. The minimum atomic E-state index is -1.10. The number of hydrogen-bond donors (Lipinski definition) is 3. The highest BCUT2D eigenvalue weighted by Gasteiger charge is 2.42. The number of aliphatic carboxylic acids is 1. The second-order valence-electron chi connectivity index (χ2n) is 6.33. The maximum atomic E-state index is 12.8. The van der Waals surface area contributed by atoms with Gasteiger partial charge in [0, 0.05) is 29.1 Å². The molecule has 1 aliphatic heterocycles. The van der Waals surface area contributed by atoms with Crippen LogP contribution in [0.4, 0.5) is 0 Å². The summed E-state index contributed by atoms with van der Waals surface area (Å²) in [6, 6.07) is 11.4. The van der Waals surface area contributed by atoms with Gasteiger partial charge in [0.1, 0.15) is 22.9 Å². The van der Waals surface area contributed by atoms with Crippen molar-refractivity contribution in [2.75, 3.05) is 11.5 Å². The van der Waals surface area contributed by atoms with Crippen molar-refractivity contribution in [3.05, 3.63) is 59.7 Å². The predicted molar refractivity (Wildman–Crippen MR) is 111 cm³/mol. The smallest absolute Gasteiger partial charge is 0.327 e. The number of carbonyl (C=O) groups excluding carboxylic acids is 2. The van der Waals surface area contributed by atoms with Crippen molar-refractivity contribution >= 4 is 40.5 Å². The lowest BCUT2D eigenvalue weighted by molar-refractivity contribution is -0.149. The van der Waals surface area contributed by atoms with Crippen molar-refractivity contribution in [1.82, 2.24) is 4.90 Å². The molecule has 29 heavy (non-hydrogen) atoms. The third-order valence-corrected chi connectivity index (χ3v) is 6.64. The Kier molecular flexibility index (Phi) is 6.71. The summed E-state index contributed by atoms with van der Waals surface area (Å²) in [6.45, 7) is 0. The van der Waals surface area contributed by atoms with Crippen LogP contribution < -0.4 is 0 Å². The number of amides is 1. The van der Waals surface area contributed by atoms with E-state index in [1.54, 1.807) is 18.2 Å². The molecular formula is C20H19NO6S2. The lowest BCUT2D eigenvalue weighted by Gasteiger charge is -2.28. The fourth-order valence-electron chi connectivity index (χ4n) is 2.98. The van der Waals surface area contributed by atoms with E-state index >= 15 is 0 Å². The first kappa shape index (κ1) is 21.1. The number of thioether (sulfide) groups is 2. The number of nitrogens with zero attached hydrogens (tertiary/aromatic N) is 1. The molecule has 2 aromatic carbocycles. The normalized spacial score (nSPS) is 18.6. The molecule has 2 aromatic rings. The van der Waals surface area contributed by atoms with Crippen LogP contribution in [0, 0.1) is 0 Å². The van der Waals surface area contributed by atoms with Gasteiger partial charge >= 0.3 is 5.97 Å². The fraction of sp³-hybridized carbons (Fsp3) is 0.250. The van der Waals surface area contributed by atoms with Gasteiger partial charge in [0.2, 0.25) is 11.0 Å². The van der Waals surface area contributed by atoms with Crippen molar-refractivity contribution in [2.24, 2.45) is 0 Å². The number of hydrogen-bond acceptors (Lipinski definition) is 7. The average Bonchev–Trinajstić information content (AvgIpc) is 3.14. The van der Waals surface area contributed by atoms with E-state index in [4.69, 9.17) is 0 Å². The molecule has 0 bridgehead atoms. The molecule has 0 aliphatic carbocycles. The molecule has 1 heterocycles. The summed E-state index contributed by atoms with van der Waals surface area (Å²) in [7, 11) is 0. The molecule has 2 atom stereocenters. The number of para-hydroxylation sites is 1. The van der Waals surface area contributed by atoms with Crippen LogP contribution in [-0.4, -0.2) is 54.8 Å². The molecule has 3 rings (SSSR count). The molecular weight excluding hydrogens is 414 g/mol. The van der Waals surface area contributed by atoms with Gasteiger partial charge in [0.15, 0.2) is 0 Å². The molecule has 1 fully saturated rings. The molecule has 0 radical (unpaired) electrons. The highest BCUT2D eigenvalue weighted by molar-refractivity contribution is 8.14. The predicted octanol–water partition coefficient (Wildman–Crippen LogP) is 3.09. The first-order valence-electron chi connectivity index (χ1n) is 8.78. The zero-order chi connectivity index (χ0) is 21.0. The second kappa shape index (κ2) is 9.23. The number of benzene rings is 2. The highest BCUT2D eigenvalue weighted by Crippen LogP contribution is 2.44. The Morgan fingerprint density at radius 3 is 2.41 bits per heavy atom. The number of phenolic OH excluding ortho intramolecular Hbond substituents is 2. The topological polar surface area (TPSA) is 115 Å². The maximum absolute atomic E-state index is 12.8. The van der Waals surface area contributed by atoms with Crippen molar-refractivity contribution in [2.45, 2.75) is 17.8 Å². The van der Waals surface area contributed by atoms with Crippen LogP contribution in [0.1, 0.15) is 27.7 Å². The van der Waals surface area contributed by atoms with Crippen molar-refractivity contribution in [3.63, 3.8) is 0 Å². The molecule has 9 heteroatoms. The van der Waals surface area contributed by atoms with Gasteiger partial charge in [-0.1, -0.05) is 30.0 Å². The molecule has 152 valence electrons. The quantitative estimate of drug-likeness (QED) is 0.637. The van der Waals surface area contributed by atoms with Gasteiger partial charge in [-0.2, -0.15) is 0 Å². The van der Waals surface area contributed by atoms with E-state index in [0.717, 1.165) is 11.8 Å². The Morgan fingerprint density at radius 1 is 1.07 bits per heavy atom. The summed E-state index contributed by atoms with van der Waals surface area (Å²) < 4.78 is 0. The maximum Gasteiger partial charge on any atom is 0.327 e. The minimum absolute atomic E-state index is 0.00530. The van der Waals surface area contributed by atoms with Gasteiger partial charge in [0.25, 0.3) is 0 Å². The van der Waals surface area contributed by atoms with Crippen LogP contribution in [0.25, 0.3) is 0 Å². The zero-order valence-corrected chi connectivity index (χ0v) is 16.9. The summed E-state index contributed by atoms with van der Waals surface area (Å²) in [5.74, 6) is -1.01. The monoisotopic (exact) mass is 433 g/mol. The fourth-order valence-corrected chi connectivity index (χ4v) is 5.21. The van der Waals surface area contributed by atoms with Crippen LogP contribution in [0.2, 0.25) is 0 Å². The van der Waals surface area contributed by atoms with Gasteiger partial charge in [-0.25, -0.2) is 4.79 Å². The third kappa shape index (κ3) is 4.86. The number of carboxylic acids is 1. The number of carbonyl (C=O) groups is 3. The van der Waals surface area contributed by atoms with Crippen LogP contribution in [0.15, 0.2) is 48.5 Å².